The number of rotatable bonds is 4. The van der Waals surface area contributed by atoms with E-state index >= 15 is 0 Å². The molecule has 23 heavy (non-hydrogen) atoms. The van der Waals surface area contributed by atoms with Gasteiger partial charge in [0.05, 0.1) is 11.9 Å². The Kier molecular flexibility index (Phi) is 5.23. The fraction of sp³-hybridized carbons (Fsp3) is 0.267. The number of carbonyl (C=O) groups is 1. The molecular formula is C15H19ClN6O. The number of amides is 2. The number of halogens is 1. The molecule has 122 valence electrons. The first-order valence-electron chi connectivity index (χ1n) is 7.07. The van der Waals surface area contributed by atoms with Gasteiger partial charge in [-0.25, -0.2) is 9.48 Å². The van der Waals surface area contributed by atoms with Crippen LogP contribution in [0.5, 0.6) is 0 Å². The van der Waals surface area contributed by atoms with Gasteiger partial charge in [-0.1, -0.05) is 23.8 Å². The van der Waals surface area contributed by atoms with E-state index < -0.39 is 0 Å². The summed E-state index contributed by atoms with van der Waals surface area (Å²) >= 11 is 6.46. The molecule has 0 aromatic carbocycles. The third kappa shape index (κ3) is 3.45. The lowest BCUT2D eigenvalue weighted by Crippen LogP contribution is -2.26. The number of nitrogens with one attached hydrogen (secondary N) is 2. The number of allylic oxidation sites excluding steroid dienone is 4. The van der Waals surface area contributed by atoms with Crippen LogP contribution >= 0.6 is 11.6 Å². The van der Waals surface area contributed by atoms with Crippen LogP contribution in [0.15, 0.2) is 30.6 Å². The first kappa shape index (κ1) is 16.8. The smallest absolute Gasteiger partial charge is 0.320 e. The Balaban J connectivity index is 2.61. The van der Waals surface area contributed by atoms with E-state index in [-0.39, 0.29) is 6.03 Å². The molecule has 0 spiro atoms. The molecule has 7 nitrogen and oxygen atoms in total. The van der Waals surface area contributed by atoms with Gasteiger partial charge in [0.2, 0.25) is 0 Å². The fourth-order valence-corrected chi connectivity index (χ4v) is 2.33. The maximum Gasteiger partial charge on any atom is 0.320 e. The minimum absolute atomic E-state index is 0.352. The molecule has 0 saturated carbocycles. The topological polar surface area (TPSA) is 76.8 Å². The summed E-state index contributed by atoms with van der Waals surface area (Å²) in [6.07, 6.45) is 9.13. The van der Waals surface area contributed by atoms with Gasteiger partial charge in [-0.15, -0.1) is 0 Å². The second-order valence-corrected chi connectivity index (χ2v) is 5.12. The van der Waals surface area contributed by atoms with Crippen LogP contribution in [0, 0.1) is 0 Å². The summed E-state index contributed by atoms with van der Waals surface area (Å²) in [5, 5.41) is 14.2. The van der Waals surface area contributed by atoms with Crippen LogP contribution in [0.2, 0.25) is 5.02 Å². The molecule has 2 N–H and O–H groups in total. The largest absolute Gasteiger partial charge is 0.341 e. The van der Waals surface area contributed by atoms with Crippen molar-refractivity contribution < 1.29 is 4.79 Å². The first-order chi connectivity index (χ1) is 11.0. The molecule has 2 aromatic heterocycles. The van der Waals surface area contributed by atoms with Crippen molar-refractivity contribution in [1.29, 1.82) is 0 Å². The van der Waals surface area contributed by atoms with Crippen molar-refractivity contribution in [3.63, 3.8) is 0 Å². The number of carbonyl (C=O) groups excluding carboxylic acids is 1. The van der Waals surface area contributed by atoms with Crippen LogP contribution in [-0.4, -0.2) is 32.6 Å². The van der Waals surface area contributed by atoms with Gasteiger partial charge in [0, 0.05) is 25.9 Å². The van der Waals surface area contributed by atoms with Gasteiger partial charge in [0.1, 0.15) is 10.7 Å². The standard InChI is InChI=1S/C15H19ClN6O/c1-5-7-11(6-2)22-14(19-15(23)17-3)12(16)13(20-22)10-8-18-21(4)9-10/h5-9H,1-4H3,(H2,17,19,23)/b7-5-,11-6+. The molecule has 8 heteroatoms. The van der Waals surface area contributed by atoms with Crippen molar-refractivity contribution in [3.8, 4) is 11.3 Å². The maximum absolute atomic E-state index is 11.7. The van der Waals surface area contributed by atoms with Crippen LogP contribution < -0.4 is 10.6 Å². The number of nitrogens with zero attached hydrogens (tertiary/aromatic N) is 4. The number of anilines is 1. The lowest BCUT2D eigenvalue weighted by Gasteiger charge is -2.09. The zero-order valence-electron chi connectivity index (χ0n) is 13.5. The SMILES string of the molecule is C/C=C\C(=C/C)n1nc(-c2cnn(C)c2)c(Cl)c1NC(=O)NC. The summed E-state index contributed by atoms with van der Waals surface area (Å²) in [7, 11) is 3.35. The Bertz CT molecular complexity index is 771. The van der Waals surface area contributed by atoms with Crippen molar-refractivity contribution in [2.24, 2.45) is 7.05 Å². The van der Waals surface area contributed by atoms with E-state index in [0.717, 1.165) is 11.3 Å². The van der Waals surface area contributed by atoms with Crippen molar-refractivity contribution in [1.82, 2.24) is 24.9 Å². The minimum Gasteiger partial charge on any atom is -0.341 e. The Hall–Kier alpha value is -2.54. The average molecular weight is 335 g/mol. The summed E-state index contributed by atoms with van der Waals surface area (Å²) in [6, 6.07) is -0.373. The zero-order valence-corrected chi connectivity index (χ0v) is 14.2. The van der Waals surface area contributed by atoms with Crippen LogP contribution in [0.1, 0.15) is 13.8 Å². The van der Waals surface area contributed by atoms with E-state index in [1.54, 1.807) is 15.6 Å². The van der Waals surface area contributed by atoms with E-state index in [9.17, 15) is 4.79 Å². The van der Waals surface area contributed by atoms with Crippen molar-refractivity contribution >= 4 is 29.1 Å². The van der Waals surface area contributed by atoms with E-state index in [1.807, 2.05) is 45.3 Å². The van der Waals surface area contributed by atoms with Crippen LogP contribution in [0.25, 0.3) is 17.0 Å². The molecular weight excluding hydrogens is 316 g/mol. The second-order valence-electron chi connectivity index (χ2n) is 4.74. The summed E-state index contributed by atoms with van der Waals surface area (Å²) in [5.74, 6) is 0.399. The zero-order chi connectivity index (χ0) is 17.0. The van der Waals surface area contributed by atoms with Gasteiger partial charge in [0.25, 0.3) is 0 Å². The fourth-order valence-electron chi connectivity index (χ4n) is 2.05. The van der Waals surface area contributed by atoms with Gasteiger partial charge < -0.3 is 5.32 Å². The molecule has 0 unspecified atom stereocenters. The Morgan fingerprint density at radius 1 is 1.39 bits per heavy atom. The molecule has 0 aliphatic heterocycles. The molecule has 2 rings (SSSR count). The van der Waals surface area contributed by atoms with Gasteiger partial charge in [-0.2, -0.15) is 10.2 Å². The predicted molar refractivity (Wildman–Crippen MR) is 92.3 cm³/mol. The highest BCUT2D eigenvalue weighted by molar-refractivity contribution is 6.36. The van der Waals surface area contributed by atoms with Gasteiger partial charge in [-0.3, -0.25) is 10.00 Å². The number of hydrogen-bond acceptors (Lipinski definition) is 3. The molecule has 0 bridgehead atoms. The van der Waals surface area contributed by atoms with Crippen molar-refractivity contribution in [3.05, 3.63) is 35.6 Å². The molecule has 0 atom stereocenters. The highest BCUT2D eigenvalue weighted by Gasteiger charge is 2.21. The number of hydrogen-bond donors (Lipinski definition) is 2. The van der Waals surface area contributed by atoms with Crippen LogP contribution in [-0.2, 0) is 7.05 Å². The highest BCUT2D eigenvalue weighted by atomic mass is 35.5. The Morgan fingerprint density at radius 3 is 2.65 bits per heavy atom. The third-order valence-corrected chi connectivity index (χ3v) is 3.50. The Labute approximate surface area is 139 Å². The lowest BCUT2D eigenvalue weighted by molar-refractivity contribution is 0.254. The second kappa shape index (κ2) is 7.15. The number of aryl methyl sites for hydroxylation is 1. The van der Waals surface area contributed by atoms with Gasteiger partial charge >= 0.3 is 6.03 Å². The molecule has 2 aromatic rings. The molecule has 2 amide bonds. The van der Waals surface area contributed by atoms with E-state index in [2.05, 4.69) is 20.8 Å². The van der Waals surface area contributed by atoms with Crippen LogP contribution in [0.4, 0.5) is 10.6 Å². The highest BCUT2D eigenvalue weighted by Crippen LogP contribution is 2.35. The lowest BCUT2D eigenvalue weighted by atomic mass is 10.2. The maximum atomic E-state index is 11.7. The molecule has 2 heterocycles. The predicted octanol–water partition coefficient (Wildman–Crippen LogP) is 3.13. The van der Waals surface area contributed by atoms with E-state index in [0.29, 0.717) is 16.5 Å². The summed E-state index contributed by atoms with van der Waals surface area (Å²) < 4.78 is 3.26. The molecule has 0 aliphatic carbocycles. The Morgan fingerprint density at radius 2 is 2.13 bits per heavy atom. The first-order valence-corrected chi connectivity index (χ1v) is 7.45. The average Bonchev–Trinajstić information content (AvgIpc) is 3.10. The quantitative estimate of drug-likeness (QED) is 0.843. The van der Waals surface area contributed by atoms with E-state index in [1.165, 1.54) is 7.05 Å². The summed E-state index contributed by atoms with van der Waals surface area (Å²) in [6.45, 7) is 3.79. The summed E-state index contributed by atoms with van der Waals surface area (Å²) in [4.78, 5) is 11.7. The monoisotopic (exact) mass is 334 g/mol. The number of aromatic nitrogens is 4. The van der Waals surface area contributed by atoms with Gasteiger partial charge in [0.15, 0.2) is 5.82 Å². The third-order valence-electron chi connectivity index (χ3n) is 3.14. The minimum atomic E-state index is -0.373. The van der Waals surface area contributed by atoms with Crippen LogP contribution in [0.3, 0.4) is 0 Å². The number of urea groups is 1. The normalized spacial score (nSPS) is 12.0. The molecule has 0 radical (unpaired) electrons. The van der Waals surface area contributed by atoms with Crippen molar-refractivity contribution in [2.45, 2.75) is 13.8 Å². The van der Waals surface area contributed by atoms with Crippen molar-refractivity contribution in [2.75, 3.05) is 12.4 Å². The summed E-state index contributed by atoms with van der Waals surface area (Å²) in [5.41, 5.74) is 2.11. The molecule has 0 aliphatic rings. The molecule has 0 fully saturated rings. The molecule has 0 saturated heterocycles. The van der Waals surface area contributed by atoms with Gasteiger partial charge in [-0.05, 0) is 19.9 Å². The van der Waals surface area contributed by atoms with E-state index in [4.69, 9.17) is 11.6 Å².